The van der Waals surface area contributed by atoms with Crippen molar-refractivity contribution in [3.05, 3.63) is 46.2 Å². The number of benzene rings is 1. The van der Waals surface area contributed by atoms with Gasteiger partial charge >= 0.3 is 5.97 Å². The van der Waals surface area contributed by atoms with Crippen LogP contribution in [0.4, 0.5) is 0 Å². The zero-order valence-corrected chi connectivity index (χ0v) is 11.8. The molecule has 0 saturated heterocycles. The van der Waals surface area contributed by atoms with E-state index in [2.05, 4.69) is 18.9 Å². The van der Waals surface area contributed by atoms with E-state index in [1.165, 1.54) is 10.2 Å². The summed E-state index contributed by atoms with van der Waals surface area (Å²) in [6.45, 7) is 5.86. The molecule has 5 heteroatoms. The normalized spacial score (nSPS) is 11.0. The summed E-state index contributed by atoms with van der Waals surface area (Å²) in [5, 5.41) is 13.4. The third kappa shape index (κ3) is 2.49. The zero-order valence-electron chi connectivity index (χ0n) is 11.0. The number of halogens is 1. The van der Waals surface area contributed by atoms with E-state index in [0.29, 0.717) is 11.6 Å². The monoisotopic (exact) mass is 278 g/mol. The quantitative estimate of drug-likeness (QED) is 0.932. The van der Waals surface area contributed by atoms with Crippen LogP contribution in [0.2, 0.25) is 5.15 Å². The van der Waals surface area contributed by atoms with Crippen LogP contribution in [0.1, 0.15) is 41.4 Å². The molecule has 0 aliphatic carbocycles. The fraction of sp³-hybridized carbons (Fsp3) is 0.286. The van der Waals surface area contributed by atoms with Crippen LogP contribution in [0.3, 0.4) is 0 Å². The molecular weight excluding hydrogens is 264 g/mol. The average molecular weight is 279 g/mol. The first-order valence-corrected chi connectivity index (χ1v) is 6.38. The van der Waals surface area contributed by atoms with Gasteiger partial charge in [-0.05, 0) is 30.5 Å². The minimum atomic E-state index is -1.06. The van der Waals surface area contributed by atoms with Gasteiger partial charge in [-0.3, -0.25) is 0 Å². The SMILES string of the molecule is Cc1nn(-c2ccc(C(C)C)cc2)c(Cl)c1C(=O)O. The second-order valence-electron chi connectivity index (χ2n) is 4.71. The molecule has 1 aromatic carbocycles. The van der Waals surface area contributed by atoms with Crippen molar-refractivity contribution in [3.63, 3.8) is 0 Å². The molecule has 0 aliphatic rings. The Hall–Kier alpha value is -1.81. The maximum atomic E-state index is 11.1. The third-order valence-corrected chi connectivity index (χ3v) is 3.37. The number of carboxylic acids is 1. The standard InChI is InChI=1S/C14H15ClN2O2/c1-8(2)10-4-6-11(7-5-10)17-13(15)12(14(18)19)9(3)16-17/h4-8H,1-3H3,(H,18,19). The Balaban J connectivity index is 2.48. The van der Waals surface area contributed by atoms with Crippen molar-refractivity contribution in [3.8, 4) is 5.69 Å². The number of carbonyl (C=O) groups is 1. The summed E-state index contributed by atoms with van der Waals surface area (Å²) in [6, 6.07) is 7.76. The summed E-state index contributed by atoms with van der Waals surface area (Å²) in [7, 11) is 0. The number of aromatic carboxylic acids is 1. The highest BCUT2D eigenvalue weighted by molar-refractivity contribution is 6.32. The molecular formula is C14H15ClN2O2. The molecule has 0 unspecified atom stereocenters. The Morgan fingerprint density at radius 2 is 1.89 bits per heavy atom. The number of rotatable bonds is 3. The van der Waals surface area contributed by atoms with Crippen molar-refractivity contribution in [2.45, 2.75) is 26.7 Å². The van der Waals surface area contributed by atoms with E-state index in [1.807, 2.05) is 24.3 Å². The molecule has 4 nitrogen and oxygen atoms in total. The first-order chi connectivity index (χ1) is 8.91. The average Bonchev–Trinajstić information content (AvgIpc) is 2.65. The number of hydrogen-bond acceptors (Lipinski definition) is 2. The van der Waals surface area contributed by atoms with Crippen LogP contribution < -0.4 is 0 Å². The lowest BCUT2D eigenvalue weighted by atomic mass is 10.0. The third-order valence-electron chi connectivity index (χ3n) is 3.02. The molecule has 100 valence electrons. The molecule has 0 fully saturated rings. The fourth-order valence-electron chi connectivity index (χ4n) is 1.91. The molecule has 2 rings (SSSR count). The Labute approximate surface area is 116 Å². The molecule has 0 spiro atoms. The Morgan fingerprint density at radius 1 is 1.32 bits per heavy atom. The lowest BCUT2D eigenvalue weighted by Gasteiger charge is -2.07. The van der Waals surface area contributed by atoms with Crippen molar-refractivity contribution in [2.75, 3.05) is 0 Å². The molecule has 0 saturated carbocycles. The van der Waals surface area contributed by atoms with E-state index in [9.17, 15) is 4.79 Å². The molecule has 0 amide bonds. The van der Waals surface area contributed by atoms with Crippen LogP contribution in [-0.2, 0) is 0 Å². The molecule has 0 aliphatic heterocycles. The van der Waals surface area contributed by atoms with Gasteiger partial charge in [-0.25, -0.2) is 9.48 Å². The van der Waals surface area contributed by atoms with Crippen LogP contribution in [0.5, 0.6) is 0 Å². The highest BCUT2D eigenvalue weighted by Crippen LogP contribution is 2.24. The minimum absolute atomic E-state index is 0.0506. The Kier molecular flexibility index (Phi) is 3.62. The number of aryl methyl sites for hydroxylation is 1. The first-order valence-electron chi connectivity index (χ1n) is 6.00. The van der Waals surface area contributed by atoms with Crippen LogP contribution in [0.15, 0.2) is 24.3 Å². The maximum Gasteiger partial charge on any atom is 0.340 e. The number of nitrogens with zero attached hydrogens (tertiary/aromatic N) is 2. The van der Waals surface area contributed by atoms with Crippen LogP contribution in [0.25, 0.3) is 5.69 Å². The summed E-state index contributed by atoms with van der Waals surface area (Å²) in [4.78, 5) is 11.1. The van der Waals surface area contributed by atoms with E-state index in [-0.39, 0.29) is 10.7 Å². The molecule has 0 atom stereocenters. The van der Waals surface area contributed by atoms with Gasteiger partial charge in [-0.2, -0.15) is 5.10 Å². The van der Waals surface area contributed by atoms with Crippen LogP contribution in [-0.4, -0.2) is 20.9 Å². The molecule has 1 heterocycles. The molecule has 2 aromatic rings. The van der Waals surface area contributed by atoms with Gasteiger partial charge in [-0.15, -0.1) is 0 Å². The number of carboxylic acid groups (broad SMARTS) is 1. The summed E-state index contributed by atoms with van der Waals surface area (Å²) in [6.07, 6.45) is 0. The molecule has 0 radical (unpaired) electrons. The van der Waals surface area contributed by atoms with E-state index in [0.717, 1.165) is 5.69 Å². The van der Waals surface area contributed by atoms with Gasteiger partial charge in [0, 0.05) is 0 Å². The first kappa shape index (κ1) is 13.6. The van der Waals surface area contributed by atoms with Crippen molar-refractivity contribution < 1.29 is 9.90 Å². The van der Waals surface area contributed by atoms with Crippen LogP contribution in [0, 0.1) is 6.92 Å². The molecule has 1 N–H and O–H groups in total. The van der Waals surface area contributed by atoms with Crippen molar-refractivity contribution in [1.29, 1.82) is 0 Å². The Bertz CT molecular complexity index is 615. The summed E-state index contributed by atoms with van der Waals surface area (Å²) in [5.74, 6) is -0.619. The van der Waals surface area contributed by atoms with Gasteiger partial charge in [0.2, 0.25) is 0 Å². The van der Waals surface area contributed by atoms with Gasteiger partial charge < -0.3 is 5.11 Å². The summed E-state index contributed by atoms with van der Waals surface area (Å²) >= 11 is 6.08. The summed E-state index contributed by atoms with van der Waals surface area (Å²) < 4.78 is 1.45. The predicted molar refractivity (Wildman–Crippen MR) is 74.4 cm³/mol. The van der Waals surface area contributed by atoms with Crippen molar-refractivity contribution in [1.82, 2.24) is 9.78 Å². The smallest absolute Gasteiger partial charge is 0.340 e. The van der Waals surface area contributed by atoms with Crippen molar-refractivity contribution in [2.24, 2.45) is 0 Å². The largest absolute Gasteiger partial charge is 0.478 e. The highest BCUT2D eigenvalue weighted by Gasteiger charge is 2.20. The van der Waals surface area contributed by atoms with Gasteiger partial charge in [0.25, 0.3) is 0 Å². The minimum Gasteiger partial charge on any atom is -0.478 e. The van der Waals surface area contributed by atoms with Gasteiger partial charge in [0.05, 0.1) is 11.4 Å². The Morgan fingerprint density at radius 3 is 2.32 bits per heavy atom. The van der Waals surface area contributed by atoms with Crippen LogP contribution >= 0.6 is 11.6 Å². The topological polar surface area (TPSA) is 55.1 Å². The zero-order chi connectivity index (χ0) is 14.2. The molecule has 19 heavy (non-hydrogen) atoms. The van der Waals surface area contributed by atoms with Gasteiger partial charge in [-0.1, -0.05) is 37.6 Å². The van der Waals surface area contributed by atoms with Gasteiger partial charge in [0.1, 0.15) is 10.7 Å². The van der Waals surface area contributed by atoms with E-state index in [4.69, 9.17) is 16.7 Å². The second-order valence-corrected chi connectivity index (χ2v) is 5.07. The van der Waals surface area contributed by atoms with E-state index >= 15 is 0 Å². The van der Waals surface area contributed by atoms with Crippen molar-refractivity contribution >= 4 is 17.6 Å². The second kappa shape index (κ2) is 5.05. The van der Waals surface area contributed by atoms with E-state index < -0.39 is 5.97 Å². The number of hydrogen-bond donors (Lipinski definition) is 1. The predicted octanol–water partition coefficient (Wildman–Crippen LogP) is 3.66. The molecule has 0 bridgehead atoms. The van der Waals surface area contributed by atoms with E-state index in [1.54, 1.807) is 6.92 Å². The number of aromatic nitrogens is 2. The van der Waals surface area contributed by atoms with Gasteiger partial charge in [0.15, 0.2) is 0 Å². The maximum absolute atomic E-state index is 11.1. The fourth-order valence-corrected chi connectivity index (χ4v) is 2.27. The lowest BCUT2D eigenvalue weighted by Crippen LogP contribution is -1.99. The summed E-state index contributed by atoms with van der Waals surface area (Å²) in [5.41, 5.74) is 2.42. The highest BCUT2D eigenvalue weighted by atomic mass is 35.5. The molecule has 1 aromatic heterocycles. The lowest BCUT2D eigenvalue weighted by molar-refractivity contribution is 0.0696.